The van der Waals surface area contributed by atoms with Gasteiger partial charge in [0.15, 0.2) is 0 Å². The summed E-state index contributed by atoms with van der Waals surface area (Å²) in [6, 6.07) is 0. The Morgan fingerprint density at radius 2 is 1.67 bits per heavy atom. The zero-order valence-corrected chi connectivity index (χ0v) is 11.3. The maximum absolute atomic E-state index is 2.47. The van der Waals surface area contributed by atoms with Gasteiger partial charge >= 0.3 is 0 Å². The maximum Gasteiger partial charge on any atom is -0.0388 e. The molecule has 0 aromatic carbocycles. The van der Waals surface area contributed by atoms with Crippen LogP contribution in [0.5, 0.6) is 0 Å². The fraction of sp³-hybridized carbons (Fsp3) is 1.00. The molecule has 1 rings (SSSR count). The van der Waals surface area contributed by atoms with Gasteiger partial charge in [-0.1, -0.05) is 66.2 Å². The minimum atomic E-state index is 0.890. The van der Waals surface area contributed by atoms with Crippen LogP contribution in [-0.2, 0) is 0 Å². The molecule has 0 bridgehead atoms. The molecule has 0 aromatic rings. The van der Waals surface area contributed by atoms with Gasteiger partial charge in [0, 0.05) is 0 Å². The van der Waals surface area contributed by atoms with E-state index in [1.54, 1.807) is 0 Å². The van der Waals surface area contributed by atoms with E-state index in [1.807, 2.05) is 0 Å². The molecule has 2 unspecified atom stereocenters. The number of rotatable bonds is 7. The van der Waals surface area contributed by atoms with Gasteiger partial charge in [-0.2, -0.15) is 0 Å². The Morgan fingerprint density at radius 3 is 2.13 bits per heavy atom. The van der Waals surface area contributed by atoms with Gasteiger partial charge < -0.3 is 0 Å². The molecule has 1 aliphatic carbocycles. The normalized spacial score (nSPS) is 21.4. The molecule has 0 radical (unpaired) electrons. The molecule has 1 fully saturated rings. The first-order valence-electron chi connectivity index (χ1n) is 7.09. The van der Waals surface area contributed by atoms with Gasteiger partial charge in [0.05, 0.1) is 0 Å². The summed E-state index contributed by atoms with van der Waals surface area (Å²) in [7, 11) is 0. The van der Waals surface area contributed by atoms with E-state index in [2.05, 4.69) is 27.7 Å². The lowest BCUT2D eigenvalue weighted by atomic mass is 9.73. The maximum atomic E-state index is 2.47. The Labute approximate surface area is 96.8 Å². The molecule has 0 aliphatic heterocycles. The molecular formula is C15H30. The van der Waals surface area contributed by atoms with Crippen molar-refractivity contribution in [1.82, 2.24) is 0 Å². The highest BCUT2D eigenvalue weighted by Crippen LogP contribution is 2.36. The van der Waals surface area contributed by atoms with Gasteiger partial charge in [0.1, 0.15) is 0 Å². The molecule has 1 aliphatic rings. The van der Waals surface area contributed by atoms with Crippen molar-refractivity contribution in [3.05, 3.63) is 0 Å². The first kappa shape index (κ1) is 13.1. The van der Waals surface area contributed by atoms with E-state index in [0.717, 1.165) is 23.7 Å². The first-order valence-corrected chi connectivity index (χ1v) is 7.09. The minimum Gasteiger partial charge on any atom is -0.0628 e. The fourth-order valence-corrected chi connectivity index (χ4v) is 2.83. The Bertz CT molecular complexity index is 155. The average Bonchev–Trinajstić information content (AvgIpc) is 1.98. The predicted octanol–water partition coefficient (Wildman–Crippen LogP) is 5.28. The van der Waals surface area contributed by atoms with Crippen LogP contribution in [0, 0.1) is 23.7 Å². The highest BCUT2D eigenvalue weighted by Gasteiger charge is 2.24. The van der Waals surface area contributed by atoms with E-state index in [4.69, 9.17) is 0 Å². The third-order valence-corrected chi connectivity index (χ3v) is 4.21. The number of hydrogen-bond donors (Lipinski definition) is 0. The van der Waals surface area contributed by atoms with E-state index >= 15 is 0 Å². The number of hydrogen-bond acceptors (Lipinski definition) is 0. The summed E-state index contributed by atoms with van der Waals surface area (Å²) >= 11 is 0. The van der Waals surface area contributed by atoms with Crippen LogP contribution in [0.4, 0.5) is 0 Å². The average molecular weight is 210 g/mol. The quantitative estimate of drug-likeness (QED) is 0.536. The molecule has 0 spiro atoms. The van der Waals surface area contributed by atoms with Crippen LogP contribution in [0.1, 0.15) is 72.6 Å². The molecule has 0 heteroatoms. The monoisotopic (exact) mass is 210 g/mol. The summed E-state index contributed by atoms with van der Waals surface area (Å²) < 4.78 is 0. The van der Waals surface area contributed by atoms with Crippen molar-refractivity contribution < 1.29 is 0 Å². The Kier molecular flexibility index (Phi) is 5.71. The molecule has 1 saturated carbocycles. The molecule has 0 heterocycles. The van der Waals surface area contributed by atoms with Crippen molar-refractivity contribution in [1.29, 1.82) is 0 Å². The lowest BCUT2D eigenvalue weighted by molar-refractivity contribution is 0.188. The summed E-state index contributed by atoms with van der Waals surface area (Å²) in [4.78, 5) is 0. The van der Waals surface area contributed by atoms with Gasteiger partial charge in [-0.25, -0.2) is 0 Å². The van der Waals surface area contributed by atoms with Crippen molar-refractivity contribution in [2.45, 2.75) is 72.6 Å². The zero-order chi connectivity index (χ0) is 11.3. The molecule has 0 nitrogen and oxygen atoms in total. The molecule has 0 aromatic heterocycles. The second-order valence-electron chi connectivity index (χ2n) is 6.33. The van der Waals surface area contributed by atoms with Crippen LogP contribution in [0.25, 0.3) is 0 Å². The SMILES string of the molecule is CC(C)CCCC(C)CC(C)C1CCC1. The van der Waals surface area contributed by atoms with Crippen LogP contribution >= 0.6 is 0 Å². The summed E-state index contributed by atoms with van der Waals surface area (Å²) in [5, 5.41) is 0. The van der Waals surface area contributed by atoms with Gasteiger partial charge in [0.25, 0.3) is 0 Å². The Hall–Kier alpha value is 0. The van der Waals surface area contributed by atoms with Crippen LogP contribution in [0.3, 0.4) is 0 Å². The molecule has 0 N–H and O–H groups in total. The second kappa shape index (κ2) is 6.55. The van der Waals surface area contributed by atoms with E-state index in [1.165, 1.54) is 44.9 Å². The fourth-order valence-electron chi connectivity index (χ4n) is 2.83. The lowest BCUT2D eigenvalue weighted by Gasteiger charge is -2.33. The molecule has 2 atom stereocenters. The van der Waals surface area contributed by atoms with Crippen LogP contribution < -0.4 is 0 Å². The summed E-state index contributed by atoms with van der Waals surface area (Å²) in [6.45, 7) is 9.60. The summed E-state index contributed by atoms with van der Waals surface area (Å²) in [6.07, 6.45) is 10.3. The molecular weight excluding hydrogens is 180 g/mol. The third-order valence-electron chi connectivity index (χ3n) is 4.21. The van der Waals surface area contributed by atoms with Crippen molar-refractivity contribution in [2.24, 2.45) is 23.7 Å². The Morgan fingerprint density at radius 1 is 1.00 bits per heavy atom. The molecule has 0 amide bonds. The largest absolute Gasteiger partial charge is 0.0628 e. The van der Waals surface area contributed by atoms with Crippen molar-refractivity contribution in [3.8, 4) is 0 Å². The Balaban J connectivity index is 2.03. The predicted molar refractivity (Wildman–Crippen MR) is 69.0 cm³/mol. The van der Waals surface area contributed by atoms with E-state index in [9.17, 15) is 0 Å². The van der Waals surface area contributed by atoms with Gasteiger partial charge in [-0.15, -0.1) is 0 Å². The van der Waals surface area contributed by atoms with E-state index in [-0.39, 0.29) is 0 Å². The smallest absolute Gasteiger partial charge is 0.0388 e. The zero-order valence-electron chi connectivity index (χ0n) is 11.3. The van der Waals surface area contributed by atoms with Crippen LogP contribution in [-0.4, -0.2) is 0 Å². The van der Waals surface area contributed by atoms with Crippen molar-refractivity contribution in [2.75, 3.05) is 0 Å². The lowest BCUT2D eigenvalue weighted by Crippen LogP contribution is -2.21. The van der Waals surface area contributed by atoms with Crippen LogP contribution in [0.15, 0.2) is 0 Å². The summed E-state index contributed by atoms with van der Waals surface area (Å²) in [5.74, 6) is 3.92. The van der Waals surface area contributed by atoms with Crippen LogP contribution in [0.2, 0.25) is 0 Å². The summed E-state index contributed by atoms with van der Waals surface area (Å²) in [5.41, 5.74) is 0. The highest BCUT2D eigenvalue weighted by molar-refractivity contribution is 4.76. The molecule has 90 valence electrons. The topological polar surface area (TPSA) is 0 Å². The van der Waals surface area contributed by atoms with Crippen molar-refractivity contribution in [3.63, 3.8) is 0 Å². The minimum absolute atomic E-state index is 0.890. The second-order valence-corrected chi connectivity index (χ2v) is 6.33. The highest BCUT2D eigenvalue weighted by atomic mass is 14.3. The van der Waals surface area contributed by atoms with E-state index < -0.39 is 0 Å². The van der Waals surface area contributed by atoms with E-state index in [0.29, 0.717) is 0 Å². The third kappa shape index (κ3) is 5.04. The standard InChI is InChI=1S/C15H30/c1-12(2)7-5-8-13(3)11-14(4)15-9-6-10-15/h12-15H,5-11H2,1-4H3. The first-order chi connectivity index (χ1) is 7.09. The van der Waals surface area contributed by atoms with Gasteiger partial charge in [-0.05, 0) is 30.1 Å². The van der Waals surface area contributed by atoms with Gasteiger partial charge in [0.2, 0.25) is 0 Å². The molecule has 0 saturated heterocycles. The molecule has 15 heavy (non-hydrogen) atoms. The van der Waals surface area contributed by atoms with Gasteiger partial charge in [-0.3, -0.25) is 0 Å². The van der Waals surface area contributed by atoms with Crippen molar-refractivity contribution >= 4 is 0 Å².